The molecule has 0 bridgehead atoms. The Hall–Kier alpha value is -1.88. The van der Waals surface area contributed by atoms with Gasteiger partial charge in [-0.25, -0.2) is 0 Å². The van der Waals surface area contributed by atoms with Crippen molar-refractivity contribution in [2.24, 2.45) is 11.8 Å². The molecule has 1 aromatic rings. The number of rotatable bonds is 4. The second-order valence-corrected chi connectivity index (χ2v) is 5.52. The fourth-order valence-corrected chi connectivity index (χ4v) is 2.35. The molecule has 1 unspecified atom stereocenters. The van der Waals surface area contributed by atoms with Crippen LogP contribution in [-0.2, 0) is 9.59 Å². The van der Waals surface area contributed by atoms with Crippen molar-refractivity contribution in [2.75, 3.05) is 23.7 Å². The Balaban J connectivity index is 1.55. The maximum absolute atomic E-state index is 12.0. The van der Waals surface area contributed by atoms with Gasteiger partial charge in [-0.05, 0) is 50.1 Å². The van der Waals surface area contributed by atoms with E-state index in [1.54, 1.807) is 0 Å². The van der Waals surface area contributed by atoms with E-state index in [-0.39, 0.29) is 23.7 Å². The minimum absolute atomic E-state index is 0.0595. The first kappa shape index (κ1) is 13.1. The third-order valence-corrected chi connectivity index (χ3v) is 3.80. The van der Waals surface area contributed by atoms with E-state index in [1.807, 2.05) is 24.3 Å². The number of nitrogens with one attached hydrogen (secondary N) is 3. The molecular formula is C15H19N3O2. The van der Waals surface area contributed by atoms with Gasteiger partial charge >= 0.3 is 0 Å². The summed E-state index contributed by atoms with van der Waals surface area (Å²) in [4.78, 5) is 23.6. The third kappa shape index (κ3) is 3.17. The maximum atomic E-state index is 12.0. The first-order valence-electron chi connectivity index (χ1n) is 7.15. The molecular weight excluding hydrogens is 254 g/mol. The average Bonchev–Trinajstić information content (AvgIpc) is 3.16. The van der Waals surface area contributed by atoms with Crippen LogP contribution in [0.15, 0.2) is 24.3 Å². The molecule has 1 aliphatic heterocycles. The van der Waals surface area contributed by atoms with E-state index in [0.717, 1.165) is 43.7 Å². The zero-order chi connectivity index (χ0) is 13.9. The van der Waals surface area contributed by atoms with Gasteiger partial charge < -0.3 is 16.0 Å². The first-order chi connectivity index (χ1) is 9.72. The summed E-state index contributed by atoms with van der Waals surface area (Å²) >= 11 is 0. The Labute approximate surface area is 118 Å². The van der Waals surface area contributed by atoms with Crippen molar-refractivity contribution in [1.82, 2.24) is 5.32 Å². The van der Waals surface area contributed by atoms with Crippen molar-refractivity contribution in [3.05, 3.63) is 24.3 Å². The molecule has 3 rings (SSSR count). The van der Waals surface area contributed by atoms with Crippen molar-refractivity contribution in [2.45, 2.75) is 19.3 Å². The standard InChI is InChI=1S/C15H19N3O2/c19-14(10-1-2-10)17-12-3-5-13(6-4-12)18-15(20)11-7-8-16-9-11/h3-6,10-11,16H,1-2,7-9H2,(H,17,19)(H,18,20). The maximum Gasteiger partial charge on any atom is 0.228 e. The lowest BCUT2D eigenvalue weighted by atomic mass is 10.1. The summed E-state index contributed by atoms with van der Waals surface area (Å²) in [6.07, 6.45) is 2.88. The topological polar surface area (TPSA) is 70.2 Å². The van der Waals surface area contributed by atoms with Crippen LogP contribution in [0.25, 0.3) is 0 Å². The van der Waals surface area contributed by atoms with Gasteiger partial charge in [0, 0.05) is 23.8 Å². The smallest absolute Gasteiger partial charge is 0.228 e. The molecule has 1 saturated carbocycles. The molecule has 1 atom stereocenters. The normalized spacial score (nSPS) is 21.5. The van der Waals surface area contributed by atoms with E-state index in [1.165, 1.54) is 0 Å². The van der Waals surface area contributed by atoms with Crippen molar-refractivity contribution in [3.8, 4) is 0 Å². The number of hydrogen-bond acceptors (Lipinski definition) is 3. The molecule has 1 saturated heterocycles. The third-order valence-electron chi connectivity index (χ3n) is 3.80. The molecule has 5 heteroatoms. The van der Waals surface area contributed by atoms with Crippen LogP contribution in [0.4, 0.5) is 11.4 Å². The minimum atomic E-state index is 0.0595. The number of carbonyl (C=O) groups excluding carboxylic acids is 2. The summed E-state index contributed by atoms with van der Waals surface area (Å²) in [5, 5.41) is 8.96. The summed E-state index contributed by atoms with van der Waals surface area (Å²) < 4.78 is 0. The number of carbonyl (C=O) groups is 2. The Morgan fingerprint density at radius 1 is 0.900 bits per heavy atom. The van der Waals surface area contributed by atoms with E-state index < -0.39 is 0 Å². The summed E-state index contributed by atoms with van der Waals surface area (Å²) in [5.41, 5.74) is 1.55. The van der Waals surface area contributed by atoms with Gasteiger partial charge in [-0.3, -0.25) is 9.59 Å². The van der Waals surface area contributed by atoms with Gasteiger partial charge in [-0.1, -0.05) is 0 Å². The van der Waals surface area contributed by atoms with E-state index in [9.17, 15) is 9.59 Å². The number of hydrogen-bond donors (Lipinski definition) is 3. The molecule has 106 valence electrons. The number of benzene rings is 1. The second kappa shape index (κ2) is 5.63. The monoisotopic (exact) mass is 273 g/mol. The largest absolute Gasteiger partial charge is 0.326 e. The molecule has 0 radical (unpaired) electrons. The fourth-order valence-electron chi connectivity index (χ4n) is 2.35. The molecule has 1 heterocycles. The molecule has 1 aliphatic carbocycles. The minimum Gasteiger partial charge on any atom is -0.326 e. The average molecular weight is 273 g/mol. The lowest BCUT2D eigenvalue weighted by Crippen LogP contribution is -2.24. The SMILES string of the molecule is O=C(Nc1ccc(NC(=O)C2CCNC2)cc1)C1CC1. The zero-order valence-corrected chi connectivity index (χ0v) is 11.3. The lowest BCUT2D eigenvalue weighted by Gasteiger charge is -2.10. The predicted molar refractivity (Wildman–Crippen MR) is 77.4 cm³/mol. The number of anilines is 2. The Morgan fingerprint density at radius 3 is 1.90 bits per heavy atom. The van der Waals surface area contributed by atoms with Crippen molar-refractivity contribution in [1.29, 1.82) is 0 Å². The fraction of sp³-hybridized carbons (Fsp3) is 0.467. The summed E-state index contributed by atoms with van der Waals surface area (Å²) in [7, 11) is 0. The Kier molecular flexibility index (Phi) is 3.69. The van der Waals surface area contributed by atoms with Crippen LogP contribution in [0, 0.1) is 11.8 Å². The Morgan fingerprint density at radius 2 is 1.45 bits per heavy atom. The molecule has 3 N–H and O–H groups in total. The van der Waals surface area contributed by atoms with Crippen LogP contribution in [-0.4, -0.2) is 24.9 Å². The van der Waals surface area contributed by atoms with Gasteiger partial charge in [0.2, 0.25) is 11.8 Å². The molecule has 2 amide bonds. The summed E-state index contributed by atoms with van der Waals surface area (Å²) in [6.45, 7) is 1.66. The zero-order valence-electron chi connectivity index (χ0n) is 11.3. The van der Waals surface area contributed by atoms with Crippen LogP contribution in [0.5, 0.6) is 0 Å². The van der Waals surface area contributed by atoms with Gasteiger partial charge in [0.15, 0.2) is 0 Å². The summed E-state index contributed by atoms with van der Waals surface area (Å²) in [6, 6.07) is 7.29. The highest BCUT2D eigenvalue weighted by Crippen LogP contribution is 2.30. The molecule has 2 fully saturated rings. The second-order valence-electron chi connectivity index (χ2n) is 5.52. The highest BCUT2D eigenvalue weighted by molar-refractivity contribution is 5.95. The van der Waals surface area contributed by atoms with Gasteiger partial charge in [0.05, 0.1) is 5.92 Å². The van der Waals surface area contributed by atoms with E-state index in [4.69, 9.17) is 0 Å². The van der Waals surface area contributed by atoms with Crippen molar-refractivity contribution < 1.29 is 9.59 Å². The van der Waals surface area contributed by atoms with Crippen LogP contribution in [0.2, 0.25) is 0 Å². The van der Waals surface area contributed by atoms with E-state index in [2.05, 4.69) is 16.0 Å². The van der Waals surface area contributed by atoms with E-state index in [0.29, 0.717) is 0 Å². The van der Waals surface area contributed by atoms with Gasteiger partial charge in [0.25, 0.3) is 0 Å². The number of amides is 2. The molecule has 1 aromatic carbocycles. The predicted octanol–water partition coefficient (Wildman–Crippen LogP) is 1.58. The molecule has 2 aliphatic rings. The summed E-state index contributed by atoms with van der Waals surface area (Å²) in [5.74, 6) is 0.414. The van der Waals surface area contributed by atoms with Crippen molar-refractivity contribution in [3.63, 3.8) is 0 Å². The quantitative estimate of drug-likeness (QED) is 0.780. The molecule has 0 spiro atoms. The first-order valence-corrected chi connectivity index (χ1v) is 7.15. The van der Waals surface area contributed by atoms with Gasteiger partial charge in [-0.15, -0.1) is 0 Å². The lowest BCUT2D eigenvalue weighted by molar-refractivity contribution is -0.119. The van der Waals surface area contributed by atoms with Crippen molar-refractivity contribution >= 4 is 23.2 Å². The highest BCUT2D eigenvalue weighted by Gasteiger charge is 2.29. The van der Waals surface area contributed by atoms with Crippen LogP contribution in [0.3, 0.4) is 0 Å². The highest BCUT2D eigenvalue weighted by atomic mass is 16.2. The molecule has 20 heavy (non-hydrogen) atoms. The van der Waals surface area contributed by atoms with E-state index >= 15 is 0 Å². The van der Waals surface area contributed by atoms with Crippen LogP contribution < -0.4 is 16.0 Å². The van der Waals surface area contributed by atoms with Crippen LogP contribution in [0.1, 0.15) is 19.3 Å². The molecule has 5 nitrogen and oxygen atoms in total. The van der Waals surface area contributed by atoms with Gasteiger partial charge in [0.1, 0.15) is 0 Å². The molecule has 0 aromatic heterocycles. The Bertz CT molecular complexity index is 502. The van der Waals surface area contributed by atoms with Gasteiger partial charge in [-0.2, -0.15) is 0 Å². The van der Waals surface area contributed by atoms with Crippen LogP contribution >= 0.6 is 0 Å².